The summed E-state index contributed by atoms with van der Waals surface area (Å²) in [7, 11) is 3.39. The van der Waals surface area contributed by atoms with Gasteiger partial charge in [-0.2, -0.15) is 0 Å². The molecule has 0 saturated heterocycles. The van der Waals surface area contributed by atoms with E-state index in [1.807, 2.05) is 13.8 Å². The summed E-state index contributed by atoms with van der Waals surface area (Å²) in [5.41, 5.74) is 1.44. The van der Waals surface area contributed by atoms with Crippen molar-refractivity contribution in [3.05, 3.63) is 59.5 Å². The molecule has 0 radical (unpaired) electrons. The maximum Gasteiger partial charge on any atom is 0.287 e. The van der Waals surface area contributed by atoms with Crippen LogP contribution in [0, 0.1) is 5.92 Å². The predicted octanol–water partition coefficient (Wildman–Crippen LogP) is 2.05. The van der Waals surface area contributed by atoms with Crippen LogP contribution in [0.1, 0.15) is 40.3 Å². The molecule has 7 heteroatoms. The Morgan fingerprint density at radius 2 is 1.74 bits per heavy atom. The van der Waals surface area contributed by atoms with Gasteiger partial charge in [-0.25, -0.2) is 0 Å². The highest BCUT2D eigenvalue weighted by Gasteiger charge is 2.25. The standard InChI is InChI=1S/C20H25N3O4/c1-13(2)17(22-18(24)16-6-5-11-27-16)19(25)21-12-14-7-9-15(10-8-14)20(26)23(3)4/h5-11,13,17H,12H2,1-4H3,(H,21,25)(H,22,24). The summed E-state index contributed by atoms with van der Waals surface area (Å²) in [6.45, 7) is 4.01. The molecule has 1 aromatic heterocycles. The Morgan fingerprint density at radius 3 is 2.26 bits per heavy atom. The number of amides is 3. The van der Waals surface area contributed by atoms with Gasteiger partial charge in [0, 0.05) is 26.2 Å². The first kappa shape index (κ1) is 20.2. The number of carbonyl (C=O) groups excluding carboxylic acids is 3. The fourth-order valence-electron chi connectivity index (χ4n) is 2.48. The lowest BCUT2D eigenvalue weighted by Crippen LogP contribution is -2.49. The lowest BCUT2D eigenvalue weighted by molar-refractivity contribution is -0.124. The SMILES string of the molecule is CC(C)C(NC(=O)c1ccco1)C(=O)NCc1ccc(C(=O)N(C)C)cc1. The van der Waals surface area contributed by atoms with Crippen molar-refractivity contribution in [3.63, 3.8) is 0 Å². The van der Waals surface area contributed by atoms with Crippen molar-refractivity contribution in [1.82, 2.24) is 15.5 Å². The molecule has 27 heavy (non-hydrogen) atoms. The quantitative estimate of drug-likeness (QED) is 0.779. The van der Waals surface area contributed by atoms with Crippen LogP contribution < -0.4 is 10.6 Å². The summed E-state index contributed by atoms with van der Waals surface area (Å²) in [4.78, 5) is 38.0. The van der Waals surface area contributed by atoms with Crippen LogP contribution in [0.2, 0.25) is 0 Å². The molecule has 1 unspecified atom stereocenters. The molecule has 0 fully saturated rings. The summed E-state index contributed by atoms with van der Waals surface area (Å²) < 4.78 is 5.06. The van der Waals surface area contributed by atoms with Gasteiger partial charge in [0.2, 0.25) is 5.91 Å². The number of rotatable bonds is 7. The summed E-state index contributed by atoms with van der Waals surface area (Å²) in [5, 5.41) is 5.52. The fourth-order valence-corrected chi connectivity index (χ4v) is 2.48. The highest BCUT2D eigenvalue weighted by Crippen LogP contribution is 2.08. The molecule has 0 aliphatic carbocycles. The number of carbonyl (C=O) groups is 3. The highest BCUT2D eigenvalue weighted by atomic mass is 16.3. The zero-order valence-electron chi connectivity index (χ0n) is 16.0. The first-order valence-electron chi connectivity index (χ1n) is 8.72. The van der Waals surface area contributed by atoms with Crippen molar-refractivity contribution in [1.29, 1.82) is 0 Å². The van der Waals surface area contributed by atoms with Gasteiger partial charge in [0.25, 0.3) is 11.8 Å². The molecule has 1 aromatic carbocycles. The molecular formula is C20H25N3O4. The largest absolute Gasteiger partial charge is 0.459 e. The number of benzene rings is 1. The summed E-state index contributed by atoms with van der Waals surface area (Å²) in [6, 6.07) is 9.51. The first-order chi connectivity index (χ1) is 12.8. The van der Waals surface area contributed by atoms with Crippen LogP contribution in [0.3, 0.4) is 0 Å². The van der Waals surface area contributed by atoms with Gasteiger partial charge < -0.3 is 20.0 Å². The van der Waals surface area contributed by atoms with Gasteiger partial charge in [0.15, 0.2) is 5.76 Å². The number of furan rings is 1. The number of nitrogens with one attached hydrogen (secondary N) is 2. The van der Waals surface area contributed by atoms with Crippen LogP contribution in [0.15, 0.2) is 47.1 Å². The monoisotopic (exact) mass is 371 g/mol. The van der Waals surface area contributed by atoms with E-state index in [2.05, 4.69) is 10.6 Å². The smallest absolute Gasteiger partial charge is 0.287 e. The molecular weight excluding hydrogens is 346 g/mol. The Hall–Kier alpha value is -3.09. The van der Waals surface area contributed by atoms with Gasteiger partial charge >= 0.3 is 0 Å². The van der Waals surface area contributed by atoms with Crippen molar-refractivity contribution in [2.45, 2.75) is 26.4 Å². The molecule has 144 valence electrons. The van der Waals surface area contributed by atoms with Crippen molar-refractivity contribution in [3.8, 4) is 0 Å². The Bertz CT molecular complexity index is 780. The van der Waals surface area contributed by atoms with Crippen LogP contribution in [0.4, 0.5) is 0 Å². The molecule has 2 rings (SSSR count). The molecule has 0 aliphatic rings. The van der Waals surface area contributed by atoms with Crippen molar-refractivity contribution >= 4 is 17.7 Å². The third kappa shape index (κ3) is 5.44. The van der Waals surface area contributed by atoms with E-state index in [1.54, 1.807) is 50.5 Å². The maximum atomic E-state index is 12.5. The molecule has 0 saturated carbocycles. The summed E-state index contributed by atoms with van der Waals surface area (Å²) in [5.74, 6) is -0.719. The molecule has 0 spiro atoms. The topological polar surface area (TPSA) is 91.6 Å². The van der Waals surface area contributed by atoms with Gasteiger partial charge in [-0.05, 0) is 35.7 Å². The Balaban J connectivity index is 1.95. The predicted molar refractivity (Wildman–Crippen MR) is 101 cm³/mol. The first-order valence-corrected chi connectivity index (χ1v) is 8.72. The van der Waals surface area contributed by atoms with E-state index in [4.69, 9.17) is 4.42 Å². The van der Waals surface area contributed by atoms with E-state index >= 15 is 0 Å². The molecule has 3 amide bonds. The van der Waals surface area contributed by atoms with Crippen LogP contribution in [-0.2, 0) is 11.3 Å². The third-order valence-electron chi connectivity index (χ3n) is 4.05. The zero-order valence-corrected chi connectivity index (χ0v) is 16.0. The van der Waals surface area contributed by atoms with E-state index in [1.165, 1.54) is 11.2 Å². The van der Waals surface area contributed by atoms with Gasteiger partial charge in [0.1, 0.15) is 6.04 Å². The molecule has 7 nitrogen and oxygen atoms in total. The average Bonchev–Trinajstić information content (AvgIpc) is 3.18. The number of nitrogens with zero attached hydrogens (tertiary/aromatic N) is 1. The van der Waals surface area contributed by atoms with E-state index in [0.717, 1.165) is 5.56 Å². The molecule has 0 bridgehead atoms. The van der Waals surface area contributed by atoms with Crippen molar-refractivity contribution < 1.29 is 18.8 Å². The van der Waals surface area contributed by atoms with Crippen molar-refractivity contribution in [2.24, 2.45) is 5.92 Å². The molecule has 2 N–H and O–H groups in total. The summed E-state index contributed by atoms with van der Waals surface area (Å²) in [6.07, 6.45) is 1.41. The number of hydrogen-bond donors (Lipinski definition) is 2. The van der Waals surface area contributed by atoms with Gasteiger partial charge in [-0.15, -0.1) is 0 Å². The van der Waals surface area contributed by atoms with Crippen molar-refractivity contribution in [2.75, 3.05) is 14.1 Å². The third-order valence-corrected chi connectivity index (χ3v) is 4.05. The molecule has 1 heterocycles. The Labute approximate surface area is 158 Å². The Morgan fingerprint density at radius 1 is 1.07 bits per heavy atom. The van der Waals surface area contributed by atoms with E-state index in [0.29, 0.717) is 12.1 Å². The minimum Gasteiger partial charge on any atom is -0.459 e. The fraction of sp³-hybridized carbons (Fsp3) is 0.350. The normalized spacial score (nSPS) is 11.7. The second kappa shape index (κ2) is 9.02. The molecule has 1 atom stereocenters. The van der Waals surface area contributed by atoms with E-state index < -0.39 is 11.9 Å². The van der Waals surface area contributed by atoms with Crippen LogP contribution in [0.5, 0.6) is 0 Å². The van der Waals surface area contributed by atoms with E-state index in [-0.39, 0.29) is 23.5 Å². The van der Waals surface area contributed by atoms with Gasteiger partial charge in [-0.3, -0.25) is 14.4 Å². The minimum atomic E-state index is -0.683. The minimum absolute atomic E-state index is 0.0777. The maximum absolute atomic E-state index is 12.5. The zero-order chi connectivity index (χ0) is 20.0. The molecule has 0 aliphatic heterocycles. The lowest BCUT2D eigenvalue weighted by atomic mass is 10.0. The van der Waals surface area contributed by atoms with Crippen LogP contribution >= 0.6 is 0 Å². The van der Waals surface area contributed by atoms with E-state index in [9.17, 15) is 14.4 Å². The van der Waals surface area contributed by atoms with Gasteiger partial charge in [-0.1, -0.05) is 26.0 Å². The number of hydrogen-bond acceptors (Lipinski definition) is 4. The van der Waals surface area contributed by atoms with Crippen LogP contribution in [0.25, 0.3) is 0 Å². The molecule has 2 aromatic rings. The Kier molecular flexibility index (Phi) is 6.76. The second-order valence-corrected chi connectivity index (χ2v) is 6.79. The highest BCUT2D eigenvalue weighted by molar-refractivity contribution is 5.95. The lowest BCUT2D eigenvalue weighted by Gasteiger charge is -2.21. The summed E-state index contributed by atoms with van der Waals surface area (Å²) >= 11 is 0. The van der Waals surface area contributed by atoms with Gasteiger partial charge in [0.05, 0.1) is 6.26 Å². The second-order valence-electron chi connectivity index (χ2n) is 6.79. The average molecular weight is 371 g/mol. The van der Waals surface area contributed by atoms with Crippen LogP contribution in [-0.4, -0.2) is 42.8 Å².